The van der Waals surface area contributed by atoms with Crippen LogP contribution < -0.4 is 14.8 Å². The fraction of sp³-hybridized carbons (Fsp3) is 0.368. The molecule has 2 rings (SSSR count). The van der Waals surface area contributed by atoms with Crippen molar-refractivity contribution in [2.75, 3.05) is 27.4 Å². The minimum absolute atomic E-state index is 0.168. The molecule has 0 saturated heterocycles. The van der Waals surface area contributed by atoms with Crippen LogP contribution in [0.15, 0.2) is 46.9 Å². The minimum Gasteiger partial charge on any atom is -0.495 e. The predicted octanol–water partition coefficient (Wildman–Crippen LogP) is 4.33. The van der Waals surface area contributed by atoms with Crippen LogP contribution in [-0.2, 0) is 11.3 Å². The molecule has 0 spiro atoms. The number of nitrogens with one attached hydrogen (secondary N) is 1. The molecule has 0 aliphatic rings. The highest BCUT2D eigenvalue weighted by Crippen LogP contribution is 2.37. The molecule has 0 heterocycles. The van der Waals surface area contributed by atoms with Crippen LogP contribution in [-0.4, -0.2) is 27.4 Å². The van der Waals surface area contributed by atoms with Crippen molar-refractivity contribution in [3.8, 4) is 11.5 Å². The van der Waals surface area contributed by atoms with E-state index in [1.807, 2.05) is 30.3 Å². The van der Waals surface area contributed by atoms with Crippen molar-refractivity contribution in [2.45, 2.75) is 19.6 Å². The van der Waals surface area contributed by atoms with Crippen LogP contribution in [0.5, 0.6) is 11.5 Å². The number of hydrogen-bond donors (Lipinski definition) is 1. The smallest absolute Gasteiger partial charge is 0.137 e. The van der Waals surface area contributed by atoms with Gasteiger partial charge in [-0.25, -0.2) is 0 Å². The van der Waals surface area contributed by atoms with Gasteiger partial charge in [0.25, 0.3) is 0 Å². The Morgan fingerprint density at radius 1 is 1.04 bits per heavy atom. The molecular formula is C19H24BrNO3. The topological polar surface area (TPSA) is 39.7 Å². The third-order valence-corrected chi connectivity index (χ3v) is 4.56. The summed E-state index contributed by atoms with van der Waals surface area (Å²) < 4.78 is 17.3. The second kappa shape index (κ2) is 9.67. The van der Waals surface area contributed by atoms with E-state index >= 15 is 0 Å². The first-order valence-electron chi connectivity index (χ1n) is 7.92. The number of ether oxygens (including phenoxy) is 3. The summed E-state index contributed by atoms with van der Waals surface area (Å²) in [7, 11) is 3.30. The van der Waals surface area contributed by atoms with Crippen LogP contribution in [0.2, 0.25) is 0 Å². The summed E-state index contributed by atoms with van der Waals surface area (Å²) in [5, 5.41) is 3.46. The molecule has 5 heteroatoms. The molecule has 1 unspecified atom stereocenters. The van der Waals surface area contributed by atoms with Gasteiger partial charge in [-0.15, -0.1) is 0 Å². The zero-order valence-electron chi connectivity index (χ0n) is 14.3. The maximum Gasteiger partial charge on any atom is 0.137 e. The first-order chi connectivity index (χ1) is 11.7. The van der Waals surface area contributed by atoms with Crippen molar-refractivity contribution in [2.24, 2.45) is 0 Å². The Balaban J connectivity index is 1.83. The van der Waals surface area contributed by atoms with Gasteiger partial charge in [-0.2, -0.15) is 0 Å². The summed E-state index contributed by atoms with van der Waals surface area (Å²) in [5.74, 6) is 1.52. The SMILES string of the molecule is COc1cc(C(C)NCCOCc2ccccc2)cc(OC)c1Br. The molecule has 0 aromatic heterocycles. The van der Waals surface area contributed by atoms with Crippen LogP contribution in [0.25, 0.3) is 0 Å². The number of rotatable bonds is 9. The molecule has 0 saturated carbocycles. The maximum atomic E-state index is 5.70. The molecule has 2 aromatic rings. The monoisotopic (exact) mass is 393 g/mol. The fourth-order valence-corrected chi connectivity index (χ4v) is 2.92. The Hall–Kier alpha value is -1.56. The molecular weight excluding hydrogens is 370 g/mol. The summed E-state index contributed by atoms with van der Waals surface area (Å²) in [6.07, 6.45) is 0. The van der Waals surface area contributed by atoms with Crippen LogP contribution in [0.4, 0.5) is 0 Å². The van der Waals surface area contributed by atoms with Crippen molar-refractivity contribution in [3.63, 3.8) is 0 Å². The molecule has 0 bridgehead atoms. The van der Waals surface area contributed by atoms with E-state index in [4.69, 9.17) is 14.2 Å². The third kappa shape index (κ3) is 5.23. The molecule has 0 aliphatic heterocycles. The minimum atomic E-state index is 0.168. The lowest BCUT2D eigenvalue weighted by Gasteiger charge is -2.18. The van der Waals surface area contributed by atoms with Gasteiger partial charge in [0.05, 0.1) is 27.4 Å². The van der Waals surface area contributed by atoms with E-state index in [0.29, 0.717) is 13.2 Å². The average Bonchev–Trinajstić information content (AvgIpc) is 2.62. The third-order valence-electron chi connectivity index (χ3n) is 3.78. The molecule has 0 fully saturated rings. The summed E-state index contributed by atoms with van der Waals surface area (Å²) in [6, 6.07) is 14.4. The van der Waals surface area contributed by atoms with Crippen LogP contribution in [0.1, 0.15) is 24.1 Å². The van der Waals surface area contributed by atoms with Gasteiger partial charge in [-0.05, 0) is 46.1 Å². The van der Waals surface area contributed by atoms with Crippen molar-refractivity contribution >= 4 is 15.9 Å². The molecule has 24 heavy (non-hydrogen) atoms. The zero-order chi connectivity index (χ0) is 17.4. The molecule has 130 valence electrons. The number of hydrogen-bond acceptors (Lipinski definition) is 4. The van der Waals surface area contributed by atoms with E-state index in [1.54, 1.807) is 14.2 Å². The summed E-state index contributed by atoms with van der Waals surface area (Å²) in [6.45, 7) is 4.18. The number of halogens is 1. The molecule has 2 aromatic carbocycles. The maximum absolute atomic E-state index is 5.70. The Labute approximate surface area is 152 Å². The van der Waals surface area contributed by atoms with Crippen molar-refractivity contribution in [1.29, 1.82) is 0 Å². The molecule has 4 nitrogen and oxygen atoms in total. The number of methoxy groups -OCH3 is 2. The van der Waals surface area contributed by atoms with Crippen LogP contribution >= 0.6 is 15.9 Å². The van der Waals surface area contributed by atoms with Crippen molar-refractivity contribution in [1.82, 2.24) is 5.32 Å². The van der Waals surface area contributed by atoms with E-state index < -0.39 is 0 Å². The lowest BCUT2D eigenvalue weighted by atomic mass is 10.1. The van der Waals surface area contributed by atoms with Crippen molar-refractivity contribution in [3.05, 3.63) is 58.1 Å². The highest BCUT2D eigenvalue weighted by molar-refractivity contribution is 9.10. The normalized spacial score (nSPS) is 12.0. The second-order valence-electron chi connectivity index (χ2n) is 5.45. The van der Waals surface area contributed by atoms with Gasteiger partial charge in [0.2, 0.25) is 0 Å². The Kier molecular flexibility index (Phi) is 7.56. The Bertz CT molecular complexity index is 609. The van der Waals surface area contributed by atoms with Gasteiger partial charge in [0, 0.05) is 12.6 Å². The Morgan fingerprint density at radius 2 is 1.67 bits per heavy atom. The van der Waals surface area contributed by atoms with Gasteiger partial charge >= 0.3 is 0 Å². The van der Waals surface area contributed by atoms with Gasteiger partial charge in [-0.1, -0.05) is 30.3 Å². The van der Waals surface area contributed by atoms with E-state index in [2.05, 4.69) is 40.3 Å². The second-order valence-corrected chi connectivity index (χ2v) is 6.25. The van der Waals surface area contributed by atoms with Crippen LogP contribution in [0.3, 0.4) is 0 Å². The average molecular weight is 394 g/mol. The highest BCUT2D eigenvalue weighted by atomic mass is 79.9. The van der Waals surface area contributed by atoms with Gasteiger partial charge in [0.15, 0.2) is 0 Å². The zero-order valence-corrected chi connectivity index (χ0v) is 15.9. The first kappa shape index (κ1) is 18.8. The Morgan fingerprint density at radius 3 is 2.25 bits per heavy atom. The quantitative estimate of drug-likeness (QED) is 0.643. The van der Waals surface area contributed by atoms with Gasteiger partial charge < -0.3 is 19.5 Å². The number of benzene rings is 2. The summed E-state index contributed by atoms with van der Waals surface area (Å²) >= 11 is 3.49. The lowest BCUT2D eigenvalue weighted by molar-refractivity contribution is 0.121. The summed E-state index contributed by atoms with van der Waals surface area (Å²) in [5.41, 5.74) is 2.29. The standard InChI is InChI=1S/C19H24BrNO3/c1-14(16-11-17(22-2)19(20)18(12-16)23-3)21-9-10-24-13-15-7-5-4-6-8-15/h4-8,11-12,14,21H,9-10,13H2,1-3H3. The summed E-state index contributed by atoms with van der Waals surface area (Å²) in [4.78, 5) is 0. The molecule has 1 atom stereocenters. The highest BCUT2D eigenvalue weighted by Gasteiger charge is 2.13. The molecule has 0 aliphatic carbocycles. The van der Waals surface area contributed by atoms with Crippen LogP contribution in [0, 0.1) is 0 Å². The largest absolute Gasteiger partial charge is 0.495 e. The van der Waals surface area contributed by atoms with E-state index in [9.17, 15) is 0 Å². The molecule has 0 amide bonds. The van der Waals surface area contributed by atoms with E-state index in [0.717, 1.165) is 28.1 Å². The van der Waals surface area contributed by atoms with Gasteiger partial charge in [0.1, 0.15) is 16.0 Å². The van der Waals surface area contributed by atoms with E-state index in [1.165, 1.54) is 5.56 Å². The molecule has 1 N–H and O–H groups in total. The van der Waals surface area contributed by atoms with Gasteiger partial charge in [-0.3, -0.25) is 0 Å². The first-order valence-corrected chi connectivity index (χ1v) is 8.71. The lowest BCUT2D eigenvalue weighted by Crippen LogP contribution is -2.23. The predicted molar refractivity (Wildman–Crippen MR) is 99.8 cm³/mol. The van der Waals surface area contributed by atoms with E-state index in [-0.39, 0.29) is 6.04 Å². The fourth-order valence-electron chi connectivity index (χ4n) is 2.37. The van der Waals surface area contributed by atoms with Crippen molar-refractivity contribution < 1.29 is 14.2 Å². The molecule has 0 radical (unpaired) electrons.